The number of hydrogen-bond acceptors (Lipinski definition) is 3. The van der Waals surface area contributed by atoms with Crippen LogP contribution in [0.3, 0.4) is 0 Å². The number of benzene rings is 2. The lowest BCUT2D eigenvalue weighted by molar-refractivity contribution is 0.628. The van der Waals surface area contributed by atoms with Crippen molar-refractivity contribution in [1.29, 1.82) is 5.26 Å². The minimum atomic E-state index is -0.269. The molecule has 0 atom stereocenters. The molecule has 0 amide bonds. The van der Waals surface area contributed by atoms with E-state index in [9.17, 15) is 4.39 Å². The van der Waals surface area contributed by atoms with E-state index in [-0.39, 0.29) is 5.82 Å². The molecule has 3 nitrogen and oxygen atoms in total. The number of anilines is 3. The van der Waals surface area contributed by atoms with Gasteiger partial charge in [0, 0.05) is 23.6 Å². The lowest BCUT2D eigenvalue weighted by atomic mass is 10.1. The molecular formula is C15H14FN3. The van der Waals surface area contributed by atoms with Crippen LogP contribution in [0.15, 0.2) is 42.5 Å². The van der Waals surface area contributed by atoms with Crippen molar-refractivity contribution >= 4 is 17.1 Å². The molecule has 2 N–H and O–H groups in total. The van der Waals surface area contributed by atoms with Gasteiger partial charge in [0.25, 0.3) is 0 Å². The van der Waals surface area contributed by atoms with Crippen molar-refractivity contribution in [1.82, 2.24) is 0 Å². The largest absolute Gasteiger partial charge is 0.398 e. The highest BCUT2D eigenvalue weighted by atomic mass is 19.1. The minimum Gasteiger partial charge on any atom is -0.398 e. The van der Waals surface area contributed by atoms with Crippen molar-refractivity contribution in [3.8, 4) is 6.07 Å². The van der Waals surface area contributed by atoms with Crippen LogP contribution in [0.5, 0.6) is 0 Å². The predicted octanol–water partition coefficient (Wildman–Crippen LogP) is 3.44. The molecule has 0 aliphatic carbocycles. The quantitative estimate of drug-likeness (QED) is 0.855. The van der Waals surface area contributed by atoms with Crippen molar-refractivity contribution in [3.05, 3.63) is 53.8 Å². The number of nitriles is 1. The average Bonchev–Trinajstić information content (AvgIpc) is 2.43. The van der Waals surface area contributed by atoms with Crippen molar-refractivity contribution in [3.63, 3.8) is 0 Å². The number of nitrogens with zero attached hydrogens (tertiary/aromatic N) is 2. The summed E-state index contributed by atoms with van der Waals surface area (Å²) >= 11 is 0. The zero-order valence-electron chi connectivity index (χ0n) is 10.6. The fourth-order valence-electron chi connectivity index (χ4n) is 1.94. The summed E-state index contributed by atoms with van der Waals surface area (Å²) < 4.78 is 13.0. The Labute approximate surface area is 111 Å². The monoisotopic (exact) mass is 255 g/mol. The fourth-order valence-corrected chi connectivity index (χ4v) is 1.94. The summed E-state index contributed by atoms with van der Waals surface area (Å²) in [5.41, 5.74) is 8.35. The molecule has 0 unspecified atom stereocenters. The maximum absolute atomic E-state index is 13.0. The van der Waals surface area contributed by atoms with Gasteiger partial charge in [0.15, 0.2) is 0 Å². The predicted molar refractivity (Wildman–Crippen MR) is 74.6 cm³/mol. The van der Waals surface area contributed by atoms with E-state index in [1.807, 2.05) is 17.9 Å². The van der Waals surface area contributed by atoms with Crippen LogP contribution in [0, 0.1) is 17.1 Å². The first kappa shape index (κ1) is 12.9. The van der Waals surface area contributed by atoms with Gasteiger partial charge >= 0.3 is 0 Å². The van der Waals surface area contributed by atoms with E-state index in [4.69, 9.17) is 11.0 Å². The Morgan fingerprint density at radius 1 is 1.16 bits per heavy atom. The van der Waals surface area contributed by atoms with Crippen LogP contribution in [0.25, 0.3) is 0 Å². The molecule has 0 saturated heterocycles. The summed E-state index contributed by atoms with van der Waals surface area (Å²) in [5.74, 6) is -0.269. The molecule has 0 spiro atoms. The molecule has 0 heterocycles. The van der Waals surface area contributed by atoms with Crippen molar-refractivity contribution in [2.24, 2.45) is 0 Å². The molecule has 2 aromatic carbocycles. The second kappa shape index (κ2) is 5.40. The first-order valence-electron chi connectivity index (χ1n) is 5.98. The molecule has 2 aromatic rings. The Kier molecular flexibility index (Phi) is 3.67. The molecule has 96 valence electrons. The van der Waals surface area contributed by atoms with Gasteiger partial charge in [-0.2, -0.15) is 5.26 Å². The van der Waals surface area contributed by atoms with Gasteiger partial charge in [0.2, 0.25) is 0 Å². The van der Waals surface area contributed by atoms with E-state index < -0.39 is 0 Å². The third-order valence-electron chi connectivity index (χ3n) is 2.92. The first-order chi connectivity index (χ1) is 9.15. The van der Waals surface area contributed by atoms with E-state index in [1.54, 1.807) is 24.3 Å². The minimum absolute atomic E-state index is 0.269. The van der Waals surface area contributed by atoms with Gasteiger partial charge in [-0.3, -0.25) is 0 Å². The lowest BCUT2D eigenvalue weighted by Gasteiger charge is -2.23. The third-order valence-corrected chi connectivity index (χ3v) is 2.92. The first-order valence-corrected chi connectivity index (χ1v) is 5.98. The Hall–Kier alpha value is -2.54. The normalized spacial score (nSPS) is 9.95. The number of halogens is 1. The Morgan fingerprint density at radius 3 is 2.37 bits per heavy atom. The van der Waals surface area contributed by atoms with Crippen LogP contribution in [0.4, 0.5) is 21.5 Å². The van der Waals surface area contributed by atoms with Gasteiger partial charge in [-0.05, 0) is 49.4 Å². The average molecular weight is 255 g/mol. The number of hydrogen-bond donors (Lipinski definition) is 1. The topological polar surface area (TPSA) is 53.0 Å². The van der Waals surface area contributed by atoms with Gasteiger partial charge < -0.3 is 10.6 Å². The van der Waals surface area contributed by atoms with Gasteiger partial charge in [-0.1, -0.05) is 0 Å². The van der Waals surface area contributed by atoms with Crippen LogP contribution in [-0.2, 0) is 0 Å². The van der Waals surface area contributed by atoms with Crippen LogP contribution in [0.2, 0.25) is 0 Å². The number of rotatable bonds is 3. The third kappa shape index (κ3) is 2.66. The summed E-state index contributed by atoms with van der Waals surface area (Å²) in [7, 11) is 0. The highest BCUT2D eigenvalue weighted by molar-refractivity contribution is 5.69. The number of nitrogen functional groups attached to an aromatic ring is 1. The van der Waals surface area contributed by atoms with Gasteiger partial charge in [0.05, 0.1) is 5.56 Å². The summed E-state index contributed by atoms with van der Waals surface area (Å²) in [6.07, 6.45) is 0. The van der Waals surface area contributed by atoms with Gasteiger partial charge in [0.1, 0.15) is 11.9 Å². The van der Waals surface area contributed by atoms with Crippen LogP contribution < -0.4 is 10.6 Å². The standard InChI is InChI=1S/C15H14FN3/c1-2-19(13-5-3-12(16)4-6-13)14-7-8-15(18)11(9-14)10-17/h3-9H,2,18H2,1H3. The Morgan fingerprint density at radius 2 is 1.79 bits per heavy atom. The van der Waals surface area contributed by atoms with Crippen molar-refractivity contribution in [2.45, 2.75) is 6.92 Å². The van der Waals surface area contributed by atoms with Crippen molar-refractivity contribution in [2.75, 3.05) is 17.2 Å². The molecule has 19 heavy (non-hydrogen) atoms. The van der Waals surface area contributed by atoms with Gasteiger partial charge in [-0.25, -0.2) is 4.39 Å². The summed E-state index contributed by atoms with van der Waals surface area (Å²) in [5, 5.41) is 9.01. The molecule has 0 fully saturated rings. The molecule has 4 heteroatoms. The highest BCUT2D eigenvalue weighted by Gasteiger charge is 2.09. The second-order valence-corrected chi connectivity index (χ2v) is 4.10. The zero-order valence-corrected chi connectivity index (χ0v) is 10.6. The van der Waals surface area contributed by atoms with E-state index in [2.05, 4.69) is 6.07 Å². The van der Waals surface area contributed by atoms with Crippen molar-refractivity contribution < 1.29 is 4.39 Å². The summed E-state index contributed by atoms with van der Waals surface area (Å²) in [6, 6.07) is 13.6. The van der Waals surface area contributed by atoms with E-state index in [1.165, 1.54) is 12.1 Å². The molecule has 0 saturated carbocycles. The fraction of sp³-hybridized carbons (Fsp3) is 0.133. The lowest BCUT2D eigenvalue weighted by Crippen LogP contribution is -2.16. The molecular weight excluding hydrogens is 241 g/mol. The van der Waals surface area contributed by atoms with E-state index in [0.717, 1.165) is 11.4 Å². The van der Waals surface area contributed by atoms with Crippen LogP contribution in [-0.4, -0.2) is 6.54 Å². The number of nitrogens with two attached hydrogens (primary N) is 1. The van der Waals surface area contributed by atoms with Crippen LogP contribution in [0.1, 0.15) is 12.5 Å². The molecule has 0 aliphatic rings. The smallest absolute Gasteiger partial charge is 0.123 e. The highest BCUT2D eigenvalue weighted by Crippen LogP contribution is 2.27. The zero-order chi connectivity index (χ0) is 13.8. The molecule has 0 aliphatic heterocycles. The Balaban J connectivity index is 2.42. The summed E-state index contributed by atoms with van der Waals surface area (Å²) in [6.45, 7) is 2.70. The van der Waals surface area contributed by atoms with Crippen LogP contribution >= 0.6 is 0 Å². The molecule has 0 bridgehead atoms. The van der Waals surface area contributed by atoms with E-state index >= 15 is 0 Å². The SMILES string of the molecule is CCN(c1ccc(F)cc1)c1ccc(N)c(C#N)c1. The van der Waals surface area contributed by atoms with E-state index in [0.29, 0.717) is 17.8 Å². The van der Waals surface area contributed by atoms with Gasteiger partial charge in [-0.15, -0.1) is 0 Å². The summed E-state index contributed by atoms with van der Waals surface area (Å²) in [4.78, 5) is 1.99. The molecule has 0 aromatic heterocycles. The molecule has 0 radical (unpaired) electrons. The maximum atomic E-state index is 13.0. The Bertz CT molecular complexity index is 614. The second-order valence-electron chi connectivity index (χ2n) is 4.10. The molecule has 2 rings (SSSR count). The maximum Gasteiger partial charge on any atom is 0.123 e.